The fraction of sp³-hybridized carbons (Fsp3) is 0.211. The molecule has 2 N–H and O–H groups in total. The number of nitrogens with one attached hydrogen (secondary N) is 2. The van der Waals surface area contributed by atoms with Gasteiger partial charge in [0.15, 0.2) is 0 Å². The molecule has 3 rings (SSSR count). The number of hydrogen-bond acceptors (Lipinski definition) is 4. The van der Waals surface area contributed by atoms with Crippen molar-refractivity contribution in [1.29, 1.82) is 0 Å². The Labute approximate surface area is 164 Å². The largest absolute Gasteiger partial charge is 0.405 e. The number of carbonyl (C=O) groups is 1. The molecule has 152 valence electrons. The fourth-order valence-electron chi connectivity index (χ4n) is 2.72. The van der Waals surface area contributed by atoms with Crippen molar-refractivity contribution in [1.82, 2.24) is 14.7 Å². The number of carbonyl (C=O) groups excluding carboxylic acids is 1. The molecule has 0 fully saturated rings. The van der Waals surface area contributed by atoms with Crippen LogP contribution in [0.1, 0.15) is 12.5 Å². The van der Waals surface area contributed by atoms with Crippen LogP contribution >= 0.6 is 0 Å². The Bertz CT molecular complexity index is 1060. The molecule has 0 saturated heterocycles. The van der Waals surface area contributed by atoms with Crippen LogP contribution in [0.2, 0.25) is 0 Å². The van der Waals surface area contributed by atoms with Gasteiger partial charge in [-0.1, -0.05) is 17.3 Å². The number of alkyl halides is 3. The van der Waals surface area contributed by atoms with Gasteiger partial charge in [-0.2, -0.15) is 13.2 Å². The summed E-state index contributed by atoms with van der Waals surface area (Å²) in [6, 6.07) is 9.53. The van der Waals surface area contributed by atoms with Crippen molar-refractivity contribution in [3.05, 3.63) is 54.4 Å². The molecule has 2 heterocycles. The lowest BCUT2D eigenvalue weighted by molar-refractivity contribution is -0.122. The van der Waals surface area contributed by atoms with Crippen LogP contribution in [0.5, 0.6) is 0 Å². The number of benzene rings is 1. The highest BCUT2D eigenvalue weighted by atomic mass is 19.4. The van der Waals surface area contributed by atoms with Crippen molar-refractivity contribution in [3.8, 4) is 11.3 Å². The number of anilines is 1. The van der Waals surface area contributed by atoms with E-state index in [0.29, 0.717) is 17.0 Å². The summed E-state index contributed by atoms with van der Waals surface area (Å²) in [7, 11) is 1.47. The van der Waals surface area contributed by atoms with E-state index in [1.54, 1.807) is 29.7 Å². The van der Waals surface area contributed by atoms with Gasteiger partial charge in [-0.15, -0.1) is 0 Å². The molecule has 0 aliphatic carbocycles. The maximum Gasteiger partial charge on any atom is 0.405 e. The van der Waals surface area contributed by atoms with Crippen LogP contribution in [0, 0.1) is 0 Å². The minimum atomic E-state index is -4.47. The van der Waals surface area contributed by atoms with Crippen molar-refractivity contribution in [3.63, 3.8) is 0 Å². The molecule has 2 amide bonds. The zero-order chi connectivity index (χ0) is 21.0. The van der Waals surface area contributed by atoms with E-state index in [4.69, 9.17) is 4.84 Å². The highest BCUT2D eigenvalue weighted by molar-refractivity contribution is 5.99. The van der Waals surface area contributed by atoms with Gasteiger partial charge in [0.1, 0.15) is 19.3 Å². The lowest BCUT2D eigenvalue weighted by Crippen LogP contribution is -2.36. The minimum Gasteiger partial charge on any atom is -0.399 e. The van der Waals surface area contributed by atoms with Gasteiger partial charge in [0.05, 0.1) is 17.6 Å². The Kier molecular flexibility index (Phi) is 5.71. The molecule has 0 aliphatic rings. The molecule has 2 aromatic heterocycles. The molecule has 7 nitrogen and oxygen atoms in total. The number of halogens is 3. The van der Waals surface area contributed by atoms with Crippen LogP contribution in [0.3, 0.4) is 0 Å². The SMILES string of the molecule is CON=C(C)c1ccn2c(-c3cccc(NC(=O)NCC(F)(F)F)c3)cnc2c1. The number of urea groups is 1. The van der Waals surface area contributed by atoms with E-state index in [9.17, 15) is 18.0 Å². The van der Waals surface area contributed by atoms with Gasteiger partial charge in [-0.25, -0.2) is 9.78 Å². The van der Waals surface area contributed by atoms with E-state index in [2.05, 4.69) is 15.5 Å². The summed E-state index contributed by atoms with van der Waals surface area (Å²) in [5.41, 5.74) is 4.10. The Morgan fingerprint density at radius 1 is 1.28 bits per heavy atom. The topological polar surface area (TPSA) is 80.0 Å². The van der Waals surface area contributed by atoms with Gasteiger partial charge in [-0.05, 0) is 31.2 Å². The molecule has 0 spiro atoms. The number of pyridine rings is 1. The molecule has 0 radical (unpaired) electrons. The fourth-order valence-corrected chi connectivity index (χ4v) is 2.72. The van der Waals surface area contributed by atoms with Gasteiger partial charge in [0.2, 0.25) is 0 Å². The first-order chi connectivity index (χ1) is 13.8. The van der Waals surface area contributed by atoms with Crippen LogP contribution < -0.4 is 10.6 Å². The second-order valence-electron chi connectivity index (χ2n) is 6.15. The molecule has 0 aliphatic heterocycles. The summed E-state index contributed by atoms with van der Waals surface area (Å²) in [5, 5.41) is 8.06. The lowest BCUT2D eigenvalue weighted by Gasteiger charge is -2.11. The van der Waals surface area contributed by atoms with Crippen molar-refractivity contribution in [2.75, 3.05) is 19.0 Å². The maximum absolute atomic E-state index is 12.2. The summed E-state index contributed by atoms with van der Waals surface area (Å²) >= 11 is 0. The van der Waals surface area contributed by atoms with E-state index in [1.807, 2.05) is 35.7 Å². The van der Waals surface area contributed by atoms with Gasteiger partial charge < -0.3 is 15.5 Å². The number of imidazole rings is 1. The minimum absolute atomic E-state index is 0.358. The van der Waals surface area contributed by atoms with Crippen LogP contribution in [0.4, 0.5) is 23.7 Å². The third kappa shape index (κ3) is 5.03. The first-order valence-electron chi connectivity index (χ1n) is 8.54. The number of fused-ring (bicyclic) bond motifs is 1. The number of hydrogen-bond donors (Lipinski definition) is 2. The van der Waals surface area contributed by atoms with Gasteiger partial charge >= 0.3 is 12.2 Å². The maximum atomic E-state index is 12.2. The highest BCUT2D eigenvalue weighted by Gasteiger charge is 2.27. The first kappa shape index (κ1) is 20.2. The number of oxime groups is 1. The molecule has 0 atom stereocenters. The standard InChI is InChI=1S/C19H18F3N5O2/c1-12(26-29-2)13-6-7-27-16(10-23-17(27)9-13)14-4-3-5-15(8-14)25-18(28)24-11-19(20,21)22/h3-10H,11H2,1-2H3,(H2,24,25,28). The summed E-state index contributed by atoms with van der Waals surface area (Å²) in [4.78, 5) is 20.8. The molecule has 10 heteroatoms. The Hall–Kier alpha value is -3.56. The zero-order valence-corrected chi connectivity index (χ0v) is 15.6. The zero-order valence-electron chi connectivity index (χ0n) is 15.6. The van der Waals surface area contributed by atoms with Crippen molar-refractivity contribution in [2.45, 2.75) is 13.1 Å². The van der Waals surface area contributed by atoms with Gasteiger partial charge in [0, 0.05) is 23.0 Å². The predicted molar refractivity (Wildman–Crippen MR) is 103 cm³/mol. The molecular formula is C19H18F3N5O2. The third-order valence-corrected chi connectivity index (χ3v) is 4.02. The number of nitrogens with zero attached hydrogens (tertiary/aromatic N) is 3. The molecule has 3 aromatic rings. The molecule has 1 aromatic carbocycles. The first-order valence-corrected chi connectivity index (χ1v) is 8.54. The van der Waals surface area contributed by atoms with Crippen molar-refractivity contribution in [2.24, 2.45) is 5.16 Å². The van der Waals surface area contributed by atoms with E-state index < -0.39 is 18.8 Å². The van der Waals surface area contributed by atoms with Crippen molar-refractivity contribution >= 4 is 23.1 Å². The van der Waals surface area contributed by atoms with Crippen LogP contribution in [0.25, 0.3) is 16.9 Å². The Morgan fingerprint density at radius 2 is 2.07 bits per heavy atom. The Morgan fingerprint density at radius 3 is 2.79 bits per heavy atom. The second-order valence-corrected chi connectivity index (χ2v) is 6.15. The predicted octanol–water partition coefficient (Wildman–Crippen LogP) is 4.06. The third-order valence-electron chi connectivity index (χ3n) is 4.02. The molecule has 29 heavy (non-hydrogen) atoms. The van der Waals surface area contributed by atoms with Crippen molar-refractivity contribution < 1.29 is 22.8 Å². The molecular weight excluding hydrogens is 387 g/mol. The van der Waals surface area contributed by atoms with E-state index >= 15 is 0 Å². The van der Waals surface area contributed by atoms with E-state index in [0.717, 1.165) is 16.8 Å². The van der Waals surface area contributed by atoms with Crippen LogP contribution in [-0.4, -0.2) is 41.0 Å². The number of rotatable bonds is 5. The van der Waals surface area contributed by atoms with Crippen LogP contribution in [0.15, 0.2) is 53.9 Å². The second kappa shape index (κ2) is 8.21. The Balaban J connectivity index is 1.82. The van der Waals surface area contributed by atoms with Gasteiger partial charge in [-0.3, -0.25) is 4.40 Å². The van der Waals surface area contributed by atoms with E-state index in [-0.39, 0.29) is 0 Å². The monoisotopic (exact) mass is 405 g/mol. The van der Waals surface area contributed by atoms with E-state index in [1.165, 1.54) is 7.11 Å². The molecule has 0 bridgehead atoms. The number of amides is 2. The van der Waals surface area contributed by atoms with Gasteiger partial charge in [0.25, 0.3) is 0 Å². The summed E-state index contributed by atoms with van der Waals surface area (Å²) in [6.45, 7) is 0.415. The summed E-state index contributed by atoms with van der Waals surface area (Å²) in [5.74, 6) is 0. The quantitative estimate of drug-likeness (QED) is 0.496. The normalized spacial score (nSPS) is 12.1. The average Bonchev–Trinajstić information content (AvgIpc) is 3.09. The summed E-state index contributed by atoms with van der Waals surface area (Å²) < 4.78 is 38.5. The highest BCUT2D eigenvalue weighted by Crippen LogP contribution is 2.24. The smallest absolute Gasteiger partial charge is 0.399 e. The summed E-state index contributed by atoms with van der Waals surface area (Å²) in [6.07, 6.45) is -0.969. The molecule has 0 unspecified atom stereocenters. The number of aromatic nitrogens is 2. The lowest BCUT2D eigenvalue weighted by atomic mass is 10.1. The van der Waals surface area contributed by atoms with Crippen LogP contribution in [-0.2, 0) is 4.84 Å². The average molecular weight is 405 g/mol. The molecule has 0 saturated carbocycles.